The lowest BCUT2D eigenvalue weighted by atomic mass is 10.2. The van der Waals surface area contributed by atoms with Crippen molar-refractivity contribution < 1.29 is 9.84 Å². The Morgan fingerprint density at radius 2 is 2.17 bits per heavy atom. The number of aromatic nitrogens is 2. The van der Waals surface area contributed by atoms with E-state index in [9.17, 15) is 5.11 Å². The van der Waals surface area contributed by atoms with Crippen LogP contribution in [-0.4, -0.2) is 21.8 Å². The molecule has 0 radical (unpaired) electrons. The summed E-state index contributed by atoms with van der Waals surface area (Å²) in [6.07, 6.45) is 0. The average molecular weight is 265 g/mol. The van der Waals surface area contributed by atoms with Crippen molar-refractivity contribution in [2.75, 3.05) is 11.9 Å². The van der Waals surface area contributed by atoms with E-state index in [0.717, 1.165) is 22.2 Å². The maximum Gasteiger partial charge on any atom is 0.205 e. The highest BCUT2D eigenvalue weighted by atomic mass is 32.1. The first kappa shape index (κ1) is 12.8. The Balaban J connectivity index is 1.97. The number of hydrogen-bond donors (Lipinski definition) is 2. The third kappa shape index (κ3) is 3.18. The van der Waals surface area contributed by atoms with Gasteiger partial charge in [0.05, 0.1) is 6.61 Å². The summed E-state index contributed by atoms with van der Waals surface area (Å²) in [5.41, 5.74) is 0.772. The SMILES string of the molecule is CCNc1nnc(COc2ccccc2CO)s1. The molecule has 2 aromatic rings. The highest BCUT2D eigenvalue weighted by Crippen LogP contribution is 2.21. The van der Waals surface area contributed by atoms with Gasteiger partial charge in [-0.1, -0.05) is 29.5 Å². The van der Waals surface area contributed by atoms with Crippen molar-refractivity contribution in [3.8, 4) is 5.75 Å². The number of ether oxygens (including phenoxy) is 1. The summed E-state index contributed by atoms with van der Waals surface area (Å²) in [5.74, 6) is 0.681. The first-order valence-electron chi connectivity index (χ1n) is 5.71. The highest BCUT2D eigenvalue weighted by Gasteiger charge is 2.06. The van der Waals surface area contributed by atoms with E-state index in [0.29, 0.717) is 12.4 Å². The van der Waals surface area contributed by atoms with E-state index in [1.807, 2.05) is 31.2 Å². The zero-order valence-electron chi connectivity index (χ0n) is 10.1. The monoisotopic (exact) mass is 265 g/mol. The average Bonchev–Trinajstić information content (AvgIpc) is 2.85. The number of aliphatic hydroxyl groups is 1. The summed E-state index contributed by atoms with van der Waals surface area (Å²) in [4.78, 5) is 0. The van der Waals surface area contributed by atoms with Gasteiger partial charge < -0.3 is 15.2 Å². The topological polar surface area (TPSA) is 67.3 Å². The van der Waals surface area contributed by atoms with Crippen molar-refractivity contribution in [1.82, 2.24) is 10.2 Å². The Labute approximate surface area is 109 Å². The smallest absolute Gasteiger partial charge is 0.205 e. The molecule has 96 valence electrons. The third-order valence-corrected chi connectivity index (χ3v) is 3.14. The van der Waals surface area contributed by atoms with Crippen molar-refractivity contribution >= 4 is 16.5 Å². The van der Waals surface area contributed by atoms with Gasteiger partial charge in [-0.3, -0.25) is 0 Å². The molecule has 0 unspecified atom stereocenters. The minimum Gasteiger partial charge on any atom is -0.486 e. The summed E-state index contributed by atoms with van der Waals surface area (Å²) >= 11 is 1.47. The lowest BCUT2D eigenvalue weighted by Crippen LogP contribution is -1.98. The van der Waals surface area contributed by atoms with Crippen LogP contribution in [0.15, 0.2) is 24.3 Å². The molecule has 0 saturated heterocycles. The van der Waals surface area contributed by atoms with Crippen molar-refractivity contribution in [2.24, 2.45) is 0 Å². The number of para-hydroxylation sites is 1. The molecule has 0 aliphatic carbocycles. The van der Waals surface area contributed by atoms with Crippen LogP contribution in [0.2, 0.25) is 0 Å². The van der Waals surface area contributed by atoms with Gasteiger partial charge in [-0.25, -0.2) is 0 Å². The predicted octanol–water partition coefficient (Wildman–Crippen LogP) is 2.04. The summed E-state index contributed by atoms with van der Waals surface area (Å²) in [6, 6.07) is 7.41. The molecule has 0 aliphatic heterocycles. The molecule has 0 aliphatic rings. The second kappa shape index (κ2) is 6.32. The van der Waals surface area contributed by atoms with E-state index in [1.165, 1.54) is 11.3 Å². The number of nitrogens with zero attached hydrogens (tertiary/aromatic N) is 2. The second-order valence-corrected chi connectivity index (χ2v) is 4.65. The molecule has 0 spiro atoms. The molecule has 1 aromatic carbocycles. The quantitative estimate of drug-likeness (QED) is 0.836. The van der Waals surface area contributed by atoms with Crippen molar-refractivity contribution in [2.45, 2.75) is 20.1 Å². The molecular weight excluding hydrogens is 250 g/mol. The van der Waals surface area contributed by atoms with Crippen molar-refractivity contribution in [3.63, 3.8) is 0 Å². The fraction of sp³-hybridized carbons (Fsp3) is 0.333. The van der Waals surface area contributed by atoms with Gasteiger partial charge in [0.15, 0.2) is 5.01 Å². The van der Waals surface area contributed by atoms with Crippen LogP contribution in [0.25, 0.3) is 0 Å². The number of rotatable bonds is 6. The van der Waals surface area contributed by atoms with Gasteiger partial charge in [0, 0.05) is 12.1 Å². The van der Waals surface area contributed by atoms with Gasteiger partial charge in [-0.15, -0.1) is 10.2 Å². The first-order chi connectivity index (χ1) is 8.83. The number of anilines is 1. The maximum absolute atomic E-state index is 9.17. The normalized spacial score (nSPS) is 10.3. The largest absolute Gasteiger partial charge is 0.486 e. The molecule has 2 rings (SSSR count). The van der Waals surface area contributed by atoms with E-state index in [-0.39, 0.29) is 6.61 Å². The van der Waals surface area contributed by atoms with Crippen LogP contribution in [-0.2, 0) is 13.2 Å². The van der Waals surface area contributed by atoms with Gasteiger partial charge >= 0.3 is 0 Å². The summed E-state index contributed by atoms with van der Waals surface area (Å²) in [6.45, 7) is 3.16. The second-order valence-electron chi connectivity index (χ2n) is 3.59. The lowest BCUT2D eigenvalue weighted by molar-refractivity contribution is 0.258. The Bertz CT molecular complexity index is 502. The van der Waals surface area contributed by atoms with Crippen molar-refractivity contribution in [1.29, 1.82) is 0 Å². The molecule has 18 heavy (non-hydrogen) atoms. The fourth-order valence-electron chi connectivity index (χ4n) is 1.45. The summed E-state index contributed by atoms with van der Waals surface area (Å²) in [5, 5.41) is 21.9. The molecular formula is C12H15N3O2S. The fourth-order valence-corrected chi connectivity index (χ4v) is 2.17. The Morgan fingerprint density at radius 1 is 1.33 bits per heavy atom. The van der Waals surface area contributed by atoms with Gasteiger partial charge in [0.1, 0.15) is 12.4 Å². The minimum absolute atomic E-state index is 0.0328. The predicted molar refractivity (Wildman–Crippen MR) is 70.8 cm³/mol. The highest BCUT2D eigenvalue weighted by molar-refractivity contribution is 7.15. The van der Waals surface area contributed by atoms with Crippen LogP contribution in [0.1, 0.15) is 17.5 Å². The van der Waals surface area contributed by atoms with E-state index < -0.39 is 0 Å². The number of nitrogens with one attached hydrogen (secondary N) is 1. The van der Waals surface area contributed by atoms with Gasteiger partial charge in [-0.05, 0) is 13.0 Å². The first-order valence-corrected chi connectivity index (χ1v) is 6.53. The number of hydrogen-bond acceptors (Lipinski definition) is 6. The molecule has 0 bridgehead atoms. The zero-order chi connectivity index (χ0) is 12.8. The van der Waals surface area contributed by atoms with E-state index in [4.69, 9.17) is 4.74 Å². The van der Waals surface area contributed by atoms with Gasteiger partial charge in [0.2, 0.25) is 5.13 Å². The van der Waals surface area contributed by atoms with Crippen LogP contribution in [0.5, 0.6) is 5.75 Å². The lowest BCUT2D eigenvalue weighted by Gasteiger charge is -2.07. The molecule has 5 nitrogen and oxygen atoms in total. The van der Waals surface area contributed by atoms with Crippen LogP contribution < -0.4 is 10.1 Å². The standard InChI is InChI=1S/C12H15N3O2S/c1-2-13-12-15-14-11(18-12)8-17-10-6-4-3-5-9(10)7-16/h3-6,16H,2,7-8H2,1H3,(H,13,15). The molecule has 0 fully saturated rings. The zero-order valence-corrected chi connectivity index (χ0v) is 10.9. The van der Waals surface area contributed by atoms with E-state index >= 15 is 0 Å². The maximum atomic E-state index is 9.17. The van der Waals surface area contributed by atoms with Gasteiger partial charge in [-0.2, -0.15) is 0 Å². The van der Waals surface area contributed by atoms with Crippen LogP contribution >= 0.6 is 11.3 Å². The summed E-state index contributed by atoms with van der Waals surface area (Å²) in [7, 11) is 0. The van der Waals surface area contributed by atoms with Gasteiger partial charge in [0.25, 0.3) is 0 Å². The Hall–Kier alpha value is -1.66. The van der Waals surface area contributed by atoms with E-state index in [2.05, 4.69) is 15.5 Å². The number of benzene rings is 1. The molecule has 1 heterocycles. The molecule has 0 saturated carbocycles. The minimum atomic E-state index is -0.0328. The third-order valence-electron chi connectivity index (χ3n) is 2.29. The Kier molecular flexibility index (Phi) is 4.49. The molecule has 1 aromatic heterocycles. The molecule has 0 atom stereocenters. The molecule has 6 heteroatoms. The van der Waals surface area contributed by atoms with Crippen LogP contribution in [0.3, 0.4) is 0 Å². The van der Waals surface area contributed by atoms with E-state index in [1.54, 1.807) is 0 Å². The van der Waals surface area contributed by atoms with Crippen LogP contribution in [0.4, 0.5) is 5.13 Å². The summed E-state index contributed by atoms with van der Waals surface area (Å²) < 4.78 is 5.63. The molecule has 0 amide bonds. The molecule has 2 N–H and O–H groups in total. The van der Waals surface area contributed by atoms with Crippen molar-refractivity contribution in [3.05, 3.63) is 34.8 Å². The number of aliphatic hydroxyl groups excluding tert-OH is 1. The Morgan fingerprint density at radius 3 is 2.94 bits per heavy atom. The van der Waals surface area contributed by atoms with Crippen LogP contribution in [0, 0.1) is 0 Å².